The number of β-lactam (4-membered cyclic amide) rings is 1. The summed E-state index contributed by atoms with van der Waals surface area (Å²) in [4.78, 5) is 26.6. The number of allylic oxidation sites excluding steroid dienone is 1. The van der Waals surface area contributed by atoms with Crippen molar-refractivity contribution in [1.82, 2.24) is 15.1 Å². The predicted octanol–water partition coefficient (Wildman–Crippen LogP) is 1.77. The predicted molar refractivity (Wildman–Crippen MR) is 102 cm³/mol. The number of carbonyl (C=O) groups excluding carboxylic acids is 2. The standard InChI is InChI=1S/C16H21N3O5S3/c1-7-9(11(20)16(3,4)5)19-12(21)10(24-6)13(19)27(22,23)14(7)26-15-18-17-8(2)25-15/h10,13-14H,1-6H3/t10-,13+,14-/m0/s1. The summed E-state index contributed by atoms with van der Waals surface area (Å²) in [5.74, 6) is -0.782. The highest BCUT2D eigenvalue weighted by atomic mass is 32.3. The second kappa shape index (κ2) is 6.64. The van der Waals surface area contributed by atoms with Crippen LogP contribution in [0.15, 0.2) is 15.6 Å². The number of ether oxygens (including phenoxy) is 1. The number of amides is 1. The van der Waals surface area contributed by atoms with Gasteiger partial charge in [-0.1, -0.05) is 43.9 Å². The molecule has 8 nitrogen and oxygen atoms in total. The van der Waals surface area contributed by atoms with Crippen LogP contribution in [0.4, 0.5) is 0 Å². The number of thioether (sulfide) groups is 1. The first-order valence-corrected chi connectivity index (χ1v) is 11.5. The molecule has 0 bridgehead atoms. The van der Waals surface area contributed by atoms with Gasteiger partial charge in [0, 0.05) is 12.5 Å². The lowest BCUT2D eigenvalue weighted by molar-refractivity contribution is -0.161. The molecule has 0 N–H and O–H groups in total. The van der Waals surface area contributed by atoms with E-state index < -0.39 is 37.2 Å². The summed E-state index contributed by atoms with van der Waals surface area (Å²) in [6.45, 7) is 8.58. The molecule has 0 saturated carbocycles. The second-order valence-electron chi connectivity index (χ2n) is 7.49. The molecule has 1 aromatic rings. The second-order valence-corrected chi connectivity index (χ2v) is 12.5. The van der Waals surface area contributed by atoms with Crippen molar-refractivity contribution in [1.29, 1.82) is 0 Å². The number of hydrogen-bond acceptors (Lipinski definition) is 9. The molecule has 0 radical (unpaired) electrons. The number of aryl methyl sites for hydroxylation is 1. The van der Waals surface area contributed by atoms with Gasteiger partial charge in [-0.15, -0.1) is 10.2 Å². The quantitative estimate of drug-likeness (QED) is 0.664. The van der Waals surface area contributed by atoms with Gasteiger partial charge in [-0.25, -0.2) is 8.42 Å². The molecular weight excluding hydrogens is 410 g/mol. The van der Waals surface area contributed by atoms with E-state index in [-0.39, 0.29) is 11.5 Å². The first-order valence-electron chi connectivity index (χ1n) is 8.22. The Morgan fingerprint density at radius 1 is 1.26 bits per heavy atom. The van der Waals surface area contributed by atoms with E-state index >= 15 is 0 Å². The maximum absolute atomic E-state index is 13.2. The number of nitrogens with zero attached hydrogens (tertiary/aromatic N) is 3. The lowest BCUT2D eigenvalue weighted by Gasteiger charge is -2.51. The van der Waals surface area contributed by atoms with Crippen LogP contribution in [-0.2, 0) is 24.2 Å². The Hall–Kier alpha value is -1.30. The zero-order chi connectivity index (χ0) is 20.3. The lowest BCUT2D eigenvalue weighted by atomic mass is 9.86. The van der Waals surface area contributed by atoms with Crippen molar-refractivity contribution >= 4 is 44.6 Å². The molecule has 1 fully saturated rings. The van der Waals surface area contributed by atoms with E-state index in [4.69, 9.17) is 4.74 Å². The van der Waals surface area contributed by atoms with E-state index in [1.165, 1.54) is 18.4 Å². The number of rotatable bonds is 4. The van der Waals surface area contributed by atoms with E-state index in [1.807, 2.05) is 0 Å². The third-order valence-electron chi connectivity index (χ3n) is 4.46. The van der Waals surface area contributed by atoms with Crippen molar-refractivity contribution in [2.24, 2.45) is 5.41 Å². The van der Waals surface area contributed by atoms with Crippen LogP contribution in [0.5, 0.6) is 0 Å². The highest BCUT2D eigenvalue weighted by Crippen LogP contribution is 2.47. The van der Waals surface area contributed by atoms with E-state index in [0.29, 0.717) is 14.9 Å². The van der Waals surface area contributed by atoms with Gasteiger partial charge in [0.2, 0.25) is 0 Å². The molecule has 0 spiro atoms. The normalized spacial score (nSPS) is 27.4. The molecule has 2 aliphatic rings. The molecule has 11 heteroatoms. The van der Waals surface area contributed by atoms with Crippen LogP contribution in [0.1, 0.15) is 32.7 Å². The topological polar surface area (TPSA) is 107 Å². The van der Waals surface area contributed by atoms with E-state index in [2.05, 4.69) is 10.2 Å². The fraction of sp³-hybridized carbons (Fsp3) is 0.625. The Morgan fingerprint density at radius 3 is 2.37 bits per heavy atom. The van der Waals surface area contributed by atoms with Gasteiger partial charge in [0.1, 0.15) is 9.59 Å². The average Bonchev–Trinajstić information content (AvgIpc) is 2.96. The number of fused-ring (bicyclic) bond motifs is 1. The van der Waals surface area contributed by atoms with Crippen molar-refractivity contribution in [2.75, 3.05) is 7.11 Å². The molecule has 1 aromatic heterocycles. The number of sulfone groups is 1. The molecule has 1 amide bonds. The number of aromatic nitrogens is 2. The van der Waals surface area contributed by atoms with Crippen LogP contribution < -0.4 is 0 Å². The van der Waals surface area contributed by atoms with Crippen LogP contribution in [0.2, 0.25) is 0 Å². The van der Waals surface area contributed by atoms with E-state index in [0.717, 1.165) is 16.7 Å². The van der Waals surface area contributed by atoms with Gasteiger partial charge in [0.25, 0.3) is 5.91 Å². The van der Waals surface area contributed by atoms with Gasteiger partial charge < -0.3 is 4.74 Å². The molecule has 0 aliphatic carbocycles. The van der Waals surface area contributed by atoms with Gasteiger partial charge in [0.15, 0.2) is 31.4 Å². The summed E-state index contributed by atoms with van der Waals surface area (Å²) in [5, 5.41) is 7.43. The van der Waals surface area contributed by atoms with Gasteiger partial charge in [-0.3, -0.25) is 14.5 Å². The summed E-state index contributed by atoms with van der Waals surface area (Å²) in [6.07, 6.45) is -1.11. The summed E-state index contributed by atoms with van der Waals surface area (Å²) < 4.78 is 31.1. The highest BCUT2D eigenvalue weighted by molar-refractivity contribution is 8.14. The smallest absolute Gasteiger partial charge is 0.260 e. The van der Waals surface area contributed by atoms with Crippen molar-refractivity contribution in [3.63, 3.8) is 0 Å². The van der Waals surface area contributed by atoms with Crippen molar-refractivity contribution in [3.05, 3.63) is 16.3 Å². The molecule has 2 aliphatic heterocycles. The van der Waals surface area contributed by atoms with Gasteiger partial charge >= 0.3 is 0 Å². The number of carbonyl (C=O) groups is 2. The third kappa shape index (κ3) is 3.14. The molecule has 148 valence electrons. The Labute approximate surface area is 166 Å². The maximum Gasteiger partial charge on any atom is 0.260 e. The fourth-order valence-corrected chi connectivity index (χ4v) is 8.19. The molecule has 0 aromatic carbocycles. The molecule has 3 atom stereocenters. The number of ketones is 1. The zero-order valence-electron chi connectivity index (χ0n) is 15.8. The first-order chi connectivity index (χ1) is 12.4. The highest BCUT2D eigenvalue weighted by Gasteiger charge is 2.63. The number of hydrogen-bond donors (Lipinski definition) is 0. The van der Waals surface area contributed by atoms with Crippen LogP contribution in [0, 0.1) is 12.3 Å². The Morgan fingerprint density at radius 2 is 1.89 bits per heavy atom. The summed E-state index contributed by atoms with van der Waals surface area (Å²) in [6, 6.07) is 0. The van der Waals surface area contributed by atoms with Crippen LogP contribution in [-0.4, -0.2) is 58.4 Å². The molecule has 3 rings (SSSR count). The van der Waals surface area contributed by atoms with E-state index in [9.17, 15) is 18.0 Å². The summed E-state index contributed by atoms with van der Waals surface area (Å²) in [7, 11) is -2.54. The lowest BCUT2D eigenvalue weighted by Crippen LogP contribution is -2.71. The fourth-order valence-electron chi connectivity index (χ4n) is 3.10. The summed E-state index contributed by atoms with van der Waals surface area (Å²) in [5.41, 5.74) is -0.277. The first kappa shape index (κ1) is 20.4. The van der Waals surface area contributed by atoms with Crippen molar-refractivity contribution in [2.45, 2.75) is 55.0 Å². The monoisotopic (exact) mass is 431 g/mol. The maximum atomic E-state index is 13.2. The minimum atomic E-state index is -3.84. The van der Waals surface area contributed by atoms with Gasteiger partial charge in [0.05, 0.1) is 5.70 Å². The minimum absolute atomic E-state index is 0.152. The van der Waals surface area contributed by atoms with Crippen LogP contribution in [0.3, 0.4) is 0 Å². The van der Waals surface area contributed by atoms with E-state index in [1.54, 1.807) is 34.6 Å². The van der Waals surface area contributed by atoms with Gasteiger partial charge in [-0.2, -0.15) is 0 Å². The molecular formula is C16H21N3O5S3. The number of methoxy groups -OCH3 is 1. The Balaban J connectivity index is 2.16. The molecule has 1 saturated heterocycles. The van der Waals surface area contributed by atoms with Crippen molar-refractivity contribution < 1.29 is 22.7 Å². The minimum Gasteiger partial charge on any atom is -0.368 e. The summed E-state index contributed by atoms with van der Waals surface area (Å²) >= 11 is 2.32. The Kier molecular flexibility index (Phi) is 5.03. The molecule has 27 heavy (non-hydrogen) atoms. The zero-order valence-corrected chi connectivity index (χ0v) is 18.3. The van der Waals surface area contributed by atoms with Crippen LogP contribution >= 0.6 is 23.1 Å². The van der Waals surface area contributed by atoms with Crippen LogP contribution in [0.25, 0.3) is 0 Å². The van der Waals surface area contributed by atoms with Gasteiger partial charge in [-0.05, 0) is 19.4 Å². The number of Topliss-reactive ketones (excluding diaryl/α,β-unsaturated/α-hetero) is 1. The average molecular weight is 432 g/mol. The molecule has 3 heterocycles. The molecule has 0 unspecified atom stereocenters. The SMILES string of the molecule is CO[C@H]1C(=O)N2C(C(=O)C(C)(C)C)=C(C)[C@@H](Sc3nnc(C)s3)S(=O)(=O)[C@H]12. The Bertz CT molecular complexity index is 945. The largest absolute Gasteiger partial charge is 0.368 e. The third-order valence-corrected chi connectivity index (χ3v) is 9.66. The van der Waals surface area contributed by atoms with Crippen molar-refractivity contribution in [3.8, 4) is 0 Å².